The fourth-order valence-corrected chi connectivity index (χ4v) is 1.33. The largest absolute Gasteiger partial charge is 0.494 e. The van der Waals surface area contributed by atoms with Gasteiger partial charge in [0.2, 0.25) is 0 Å². The molecule has 0 bridgehead atoms. The van der Waals surface area contributed by atoms with E-state index in [-0.39, 0.29) is 12.7 Å². The fourth-order valence-electron chi connectivity index (χ4n) is 1.33. The Morgan fingerprint density at radius 3 is 2.56 bits per heavy atom. The molecule has 1 aromatic heterocycles. The van der Waals surface area contributed by atoms with Gasteiger partial charge in [-0.2, -0.15) is 4.98 Å². The number of benzene rings is 1. The molecule has 0 radical (unpaired) electrons. The molecule has 2 rings (SSSR count). The van der Waals surface area contributed by atoms with Crippen LogP contribution in [0.25, 0.3) is 0 Å². The molecule has 0 aliphatic rings. The number of aromatic nitrogens is 1. The average Bonchev–Trinajstić information content (AvgIpc) is 2.86. The van der Waals surface area contributed by atoms with Crippen molar-refractivity contribution in [2.24, 2.45) is 0 Å². The zero-order chi connectivity index (χ0) is 12.8. The van der Waals surface area contributed by atoms with Crippen LogP contribution in [0.15, 0.2) is 34.9 Å². The standard InChI is InChI=1S/C13H15NO4/c1-2-7-16-11-3-5-12(6-4-11)18-13-14-10(8-15)9-17-13/h3-6,9,15H,2,7-8H2,1H3. The Morgan fingerprint density at radius 1 is 1.22 bits per heavy atom. The molecule has 0 fully saturated rings. The second-order valence-electron chi connectivity index (χ2n) is 3.68. The maximum atomic E-state index is 8.84. The minimum atomic E-state index is -0.170. The van der Waals surface area contributed by atoms with Crippen LogP contribution in [0.5, 0.6) is 17.6 Å². The molecule has 5 heteroatoms. The highest BCUT2D eigenvalue weighted by molar-refractivity contribution is 5.32. The minimum absolute atomic E-state index is 0.112. The van der Waals surface area contributed by atoms with E-state index in [2.05, 4.69) is 11.9 Å². The Hall–Kier alpha value is -2.01. The maximum Gasteiger partial charge on any atom is 0.399 e. The normalized spacial score (nSPS) is 10.3. The Bertz CT molecular complexity index is 478. The van der Waals surface area contributed by atoms with E-state index in [1.807, 2.05) is 12.1 Å². The molecule has 2 aromatic rings. The molecule has 0 aliphatic carbocycles. The van der Waals surface area contributed by atoms with Gasteiger partial charge in [0.15, 0.2) is 0 Å². The molecular weight excluding hydrogens is 234 g/mol. The highest BCUT2D eigenvalue weighted by Gasteiger charge is 2.05. The lowest BCUT2D eigenvalue weighted by atomic mass is 10.3. The van der Waals surface area contributed by atoms with Crippen molar-refractivity contribution in [1.82, 2.24) is 4.98 Å². The van der Waals surface area contributed by atoms with Gasteiger partial charge in [-0.25, -0.2) is 0 Å². The summed E-state index contributed by atoms with van der Waals surface area (Å²) in [6, 6.07) is 7.18. The third-order valence-corrected chi connectivity index (χ3v) is 2.19. The van der Waals surface area contributed by atoms with Crippen LogP contribution < -0.4 is 9.47 Å². The monoisotopic (exact) mass is 249 g/mol. The number of aliphatic hydroxyl groups is 1. The van der Waals surface area contributed by atoms with Crippen molar-refractivity contribution >= 4 is 0 Å². The molecule has 96 valence electrons. The van der Waals surface area contributed by atoms with Gasteiger partial charge < -0.3 is 19.0 Å². The summed E-state index contributed by atoms with van der Waals surface area (Å²) in [4.78, 5) is 3.93. The molecule has 1 heterocycles. The van der Waals surface area contributed by atoms with E-state index in [4.69, 9.17) is 19.0 Å². The van der Waals surface area contributed by atoms with Gasteiger partial charge in [0.1, 0.15) is 23.5 Å². The van der Waals surface area contributed by atoms with Crippen LogP contribution in [0.3, 0.4) is 0 Å². The molecule has 1 N–H and O–H groups in total. The second kappa shape index (κ2) is 6.07. The van der Waals surface area contributed by atoms with E-state index < -0.39 is 0 Å². The molecule has 0 atom stereocenters. The first-order chi connectivity index (χ1) is 8.81. The summed E-state index contributed by atoms with van der Waals surface area (Å²) < 4.78 is 15.9. The molecule has 1 aromatic carbocycles. The van der Waals surface area contributed by atoms with Gasteiger partial charge in [-0.15, -0.1) is 0 Å². The summed E-state index contributed by atoms with van der Waals surface area (Å²) >= 11 is 0. The van der Waals surface area contributed by atoms with Crippen molar-refractivity contribution in [3.63, 3.8) is 0 Å². The summed E-state index contributed by atoms with van der Waals surface area (Å²) in [6.45, 7) is 2.58. The van der Waals surface area contributed by atoms with E-state index in [1.54, 1.807) is 12.1 Å². The molecule has 0 spiro atoms. The number of oxazole rings is 1. The fraction of sp³-hybridized carbons (Fsp3) is 0.308. The van der Waals surface area contributed by atoms with Crippen molar-refractivity contribution in [2.75, 3.05) is 6.61 Å². The van der Waals surface area contributed by atoms with Crippen LogP contribution in [0.1, 0.15) is 19.0 Å². The van der Waals surface area contributed by atoms with Crippen molar-refractivity contribution < 1.29 is 19.0 Å². The van der Waals surface area contributed by atoms with E-state index in [9.17, 15) is 0 Å². The summed E-state index contributed by atoms with van der Waals surface area (Å²) in [7, 11) is 0. The SMILES string of the molecule is CCCOc1ccc(Oc2nc(CO)co2)cc1. The highest BCUT2D eigenvalue weighted by Crippen LogP contribution is 2.23. The van der Waals surface area contributed by atoms with Crippen LogP contribution >= 0.6 is 0 Å². The lowest BCUT2D eigenvalue weighted by Gasteiger charge is -2.05. The summed E-state index contributed by atoms with van der Waals surface area (Å²) in [5.41, 5.74) is 0.438. The minimum Gasteiger partial charge on any atom is -0.494 e. The number of hydrogen-bond donors (Lipinski definition) is 1. The number of hydrogen-bond acceptors (Lipinski definition) is 5. The second-order valence-corrected chi connectivity index (χ2v) is 3.68. The molecule has 0 aliphatic heterocycles. The Labute approximate surface area is 105 Å². The number of nitrogens with zero attached hydrogens (tertiary/aromatic N) is 1. The number of ether oxygens (including phenoxy) is 2. The molecule has 0 amide bonds. The van der Waals surface area contributed by atoms with Crippen LogP contribution in [0.4, 0.5) is 0 Å². The maximum absolute atomic E-state index is 8.84. The van der Waals surface area contributed by atoms with E-state index in [0.29, 0.717) is 18.1 Å². The molecule has 0 unspecified atom stereocenters. The predicted octanol–water partition coefficient (Wildman–Crippen LogP) is 2.75. The van der Waals surface area contributed by atoms with Gasteiger partial charge in [0.05, 0.1) is 13.2 Å². The van der Waals surface area contributed by atoms with Gasteiger partial charge in [-0.05, 0) is 30.7 Å². The third kappa shape index (κ3) is 3.24. The van der Waals surface area contributed by atoms with Crippen molar-refractivity contribution in [3.8, 4) is 17.6 Å². The van der Waals surface area contributed by atoms with Crippen LogP contribution in [-0.2, 0) is 6.61 Å². The van der Waals surface area contributed by atoms with Gasteiger partial charge in [-0.1, -0.05) is 6.92 Å². The zero-order valence-corrected chi connectivity index (χ0v) is 10.1. The summed E-state index contributed by atoms with van der Waals surface area (Å²) in [5, 5.41) is 8.84. The van der Waals surface area contributed by atoms with E-state index in [0.717, 1.165) is 12.2 Å². The lowest BCUT2D eigenvalue weighted by Crippen LogP contribution is -1.94. The third-order valence-electron chi connectivity index (χ3n) is 2.19. The summed E-state index contributed by atoms with van der Waals surface area (Å²) in [5.74, 6) is 1.40. The highest BCUT2D eigenvalue weighted by atomic mass is 16.6. The topological polar surface area (TPSA) is 64.7 Å². The first-order valence-electron chi connectivity index (χ1n) is 5.78. The smallest absolute Gasteiger partial charge is 0.399 e. The molecule has 0 saturated heterocycles. The van der Waals surface area contributed by atoms with Crippen LogP contribution in [-0.4, -0.2) is 16.7 Å². The Kier molecular flexibility index (Phi) is 4.20. The van der Waals surface area contributed by atoms with Crippen LogP contribution in [0, 0.1) is 0 Å². The summed E-state index contributed by atoms with van der Waals surface area (Å²) in [6.07, 6.45) is 2.44. The van der Waals surface area contributed by atoms with Gasteiger partial charge in [-0.3, -0.25) is 0 Å². The van der Waals surface area contributed by atoms with E-state index in [1.165, 1.54) is 6.26 Å². The molecule has 0 saturated carbocycles. The van der Waals surface area contributed by atoms with Crippen molar-refractivity contribution in [2.45, 2.75) is 20.0 Å². The van der Waals surface area contributed by atoms with Crippen LogP contribution in [0.2, 0.25) is 0 Å². The Morgan fingerprint density at radius 2 is 1.94 bits per heavy atom. The molecule has 18 heavy (non-hydrogen) atoms. The van der Waals surface area contributed by atoms with Crippen molar-refractivity contribution in [1.29, 1.82) is 0 Å². The average molecular weight is 249 g/mol. The predicted molar refractivity (Wildman–Crippen MR) is 64.7 cm³/mol. The zero-order valence-electron chi connectivity index (χ0n) is 10.1. The van der Waals surface area contributed by atoms with Gasteiger partial charge in [0, 0.05) is 0 Å². The quantitative estimate of drug-likeness (QED) is 0.852. The van der Waals surface area contributed by atoms with Gasteiger partial charge in [0.25, 0.3) is 0 Å². The number of aliphatic hydroxyl groups excluding tert-OH is 1. The van der Waals surface area contributed by atoms with Gasteiger partial charge >= 0.3 is 6.08 Å². The first-order valence-corrected chi connectivity index (χ1v) is 5.78. The van der Waals surface area contributed by atoms with E-state index >= 15 is 0 Å². The van der Waals surface area contributed by atoms with Crippen molar-refractivity contribution in [3.05, 3.63) is 36.2 Å². The lowest BCUT2D eigenvalue weighted by molar-refractivity contribution is 0.276. The number of rotatable bonds is 6. The molecular formula is C13H15NO4. The first kappa shape index (κ1) is 12.4. The molecule has 5 nitrogen and oxygen atoms in total. The Balaban J connectivity index is 1.97.